The van der Waals surface area contributed by atoms with Gasteiger partial charge in [-0.1, -0.05) is 11.6 Å². The summed E-state index contributed by atoms with van der Waals surface area (Å²) in [4.78, 5) is 26.4. The maximum atomic E-state index is 12.4. The molecule has 0 saturated heterocycles. The Morgan fingerprint density at radius 1 is 1.30 bits per heavy atom. The Morgan fingerprint density at radius 2 is 2.09 bits per heavy atom. The van der Waals surface area contributed by atoms with E-state index in [9.17, 15) is 9.59 Å². The van der Waals surface area contributed by atoms with E-state index in [1.165, 1.54) is 0 Å². The van der Waals surface area contributed by atoms with Crippen LogP contribution in [0.5, 0.6) is 0 Å². The molecule has 1 aliphatic rings. The number of nitrogens with one attached hydrogen (secondary N) is 2. The van der Waals surface area contributed by atoms with E-state index < -0.39 is 11.9 Å². The molecule has 0 spiro atoms. The van der Waals surface area contributed by atoms with Crippen LogP contribution in [0.15, 0.2) is 24.3 Å². The highest BCUT2D eigenvalue weighted by molar-refractivity contribution is 6.31. The van der Waals surface area contributed by atoms with Crippen molar-refractivity contribution in [2.45, 2.75) is 31.3 Å². The van der Waals surface area contributed by atoms with Gasteiger partial charge in [0, 0.05) is 28.0 Å². The maximum absolute atomic E-state index is 12.4. The van der Waals surface area contributed by atoms with Crippen molar-refractivity contribution in [3.05, 3.63) is 35.0 Å². The van der Waals surface area contributed by atoms with Crippen LogP contribution in [-0.4, -0.2) is 34.1 Å². The molecule has 2 aromatic rings. The first-order valence-corrected chi connectivity index (χ1v) is 7.89. The Bertz CT molecular complexity index is 758. The number of benzene rings is 1. The third kappa shape index (κ3) is 3.33. The van der Waals surface area contributed by atoms with Crippen LogP contribution >= 0.6 is 11.6 Å². The van der Waals surface area contributed by atoms with Crippen molar-refractivity contribution < 1.29 is 14.7 Å². The second-order valence-electron chi connectivity index (χ2n) is 6.01. The Kier molecular flexibility index (Phi) is 4.28. The number of amides is 1. The van der Waals surface area contributed by atoms with E-state index >= 15 is 0 Å². The van der Waals surface area contributed by atoms with Crippen LogP contribution in [0, 0.1) is 5.92 Å². The first kappa shape index (κ1) is 15.8. The molecule has 5 N–H and O–H groups in total. The number of aromatic amines is 1. The second-order valence-corrected chi connectivity index (χ2v) is 6.44. The monoisotopic (exact) mass is 335 g/mol. The molecule has 1 aliphatic carbocycles. The van der Waals surface area contributed by atoms with Crippen molar-refractivity contribution in [3.63, 3.8) is 0 Å². The summed E-state index contributed by atoms with van der Waals surface area (Å²) in [6.07, 6.45) is 1.47. The molecule has 1 aromatic carbocycles. The van der Waals surface area contributed by atoms with E-state index in [0.29, 0.717) is 30.0 Å². The van der Waals surface area contributed by atoms with Gasteiger partial charge < -0.3 is 21.1 Å². The number of aromatic nitrogens is 1. The SMILES string of the molecule is N[C@H]1C[C@H](C(=O)O)CC[C@H]1NC(=O)c1cc2cc(Cl)ccc2[nH]1. The summed E-state index contributed by atoms with van der Waals surface area (Å²) in [6, 6.07) is 6.53. The molecule has 1 saturated carbocycles. The minimum absolute atomic E-state index is 0.215. The van der Waals surface area contributed by atoms with Crippen LogP contribution in [0.1, 0.15) is 29.8 Å². The number of hydrogen-bond acceptors (Lipinski definition) is 3. The smallest absolute Gasteiger partial charge is 0.306 e. The molecular formula is C16H18ClN3O3. The number of H-pyrrole nitrogens is 1. The lowest BCUT2D eigenvalue weighted by Crippen LogP contribution is -2.51. The topological polar surface area (TPSA) is 108 Å². The zero-order chi connectivity index (χ0) is 16.6. The van der Waals surface area contributed by atoms with Gasteiger partial charge in [-0.25, -0.2) is 0 Å². The Labute approximate surface area is 138 Å². The zero-order valence-electron chi connectivity index (χ0n) is 12.4. The van der Waals surface area contributed by atoms with Crippen LogP contribution in [0.4, 0.5) is 0 Å². The van der Waals surface area contributed by atoms with E-state index in [0.717, 1.165) is 10.9 Å². The van der Waals surface area contributed by atoms with Gasteiger partial charge in [0.25, 0.3) is 5.91 Å². The van der Waals surface area contributed by atoms with E-state index in [-0.39, 0.29) is 18.0 Å². The predicted molar refractivity (Wildman–Crippen MR) is 87.5 cm³/mol. The minimum atomic E-state index is -0.822. The lowest BCUT2D eigenvalue weighted by Gasteiger charge is -2.32. The fourth-order valence-corrected chi connectivity index (χ4v) is 3.26. The number of carbonyl (C=O) groups excluding carboxylic acids is 1. The lowest BCUT2D eigenvalue weighted by atomic mass is 9.82. The van der Waals surface area contributed by atoms with Gasteiger partial charge in [-0.3, -0.25) is 9.59 Å². The molecule has 23 heavy (non-hydrogen) atoms. The molecule has 1 heterocycles. The molecular weight excluding hydrogens is 318 g/mol. The molecule has 3 atom stereocenters. The van der Waals surface area contributed by atoms with Crippen LogP contribution in [-0.2, 0) is 4.79 Å². The summed E-state index contributed by atoms with van der Waals surface area (Å²) in [7, 11) is 0. The summed E-state index contributed by atoms with van der Waals surface area (Å²) in [5.74, 6) is -1.49. The third-order valence-electron chi connectivity index (χ3n) is 4.39. The molecule has 3 rings (SSSR count). The highest BCUT2D eigenvalue weighted by Gasteiger charge is 2.32. The number of carbonyl (C=O) groups is 2. The number of rotatable bonds is 3. The number of halogens is 1. The van der Waals surface area contributed by atoms with Gasteiger partial charge in [0.05, 0.1) is 5.92 Å². The van der Waals surface area contributed by atoms with Gasteiger partial charge in [-0.15, -0.1) is 0 Å². The standard InChI is InChI=1S/C16H18ClN3O3/c17-10-2-4-12-9(5-10)7-14(19-12)15(21)20-13-3-1-8(16(22)23)6-11(13)18/h2,4-5,7-8,11,13,19H,1,3,6,18H2,(H,20,21)(H,22,23)/t8-,11+,13-/m1/s1. The number of carboxylic acid groups (broad SMARTS) is 1. The fourth-order valence-electron chi connectivity index (χ4n) is 3.08. The molecule has 0 radical (unpaired) electrons. The van der Waals surface area contributed by atoms with Crippen molar-refractivity contribution in [2.24, 2.45) is 11.7 Å². The highest BCUT2D eigenvalue weighted by atomic mass is 35.5. The summed E-state index contributed by atoms with van der Waals surface area (Å²) in [6.45, 7) is 0. The summed E-state index contributed by atoms with van der Waals surface area (Å²) in [5, 5.41) is 13.4. The molecule has 1 amide bonds. The van der Waals surface area contributed by atoms with Gasteiger partial charge >= 0.3 is 5.97 Å². The fraction of sp³-hybridized carbons (Fsp3) is 0.375. The van der Waals surface area contributed by atoms with Gasteiger partial charge in [-0.2, -0.15) is 0 Å². The Balaban J connectivity index is 1.69. The molecule has 1 aromatic heterocycles. The van der Waals surface area contributed by atoms with Crippen molar-refractivity contribution in [1.29, 1.82) is 0 Å². The van der Waals surface area contributed by atoms with Crippen LogP contribution in [0.2, 0.25) is 5.02 Å². The van der Waals surface area contributed by atoms with Crippen LogP contribution in [0.25, 0.3) is 10.9 Å². The van der Waals surface area contributed by atoms with E-state index in [4.69, 9.17) is 22.4 Å². The molecule has 1 fully saturated rings. The molecule has 122 valence electrons. The predicted octanol–water partition coefficient (Wildman–Crippen LogP) is 2.13. The molecule has 6 nitrogen and oxygen atoms in total. The molecule has 7 heteroatoms. The van der Waals surface area contributed by atoms with Gasteiger partial charge in [0.15, 0.2) is 0 Å². The van der Waals surface area contributed by atoms with E-state index in [2.05, 4.69) is 10.3 Å². The summed E-state index contributed by atoms with van der Waals surface area (Å²) < 4.78 is 0. The number of aliphatic carboxylic acids is 1. The first-order chi connectivity index (χ1) is 10.9. The number of fused-ring (bicyclic) bond motifs is 1. The van der Waals surface area contributed by atoms with E-state index in [1.54, 1.807) is 18.2 Å². The highest BCUT2D eigenvalue weighted by Crippen LogP contribution is 2.25. The van der Waals surface area contributed by atoms with E-state index in [1.807, 2.05) is 6.07 Å². The van der Waals surface area contributed by atoms with Gasteiger partial charge in [0.1, 0.15) is 5.69 Å². The lowest BCUT2D eigenvalue weighted by molar-refractivity contribution is -0.143. The third-order valence-corrected chi connectivity index (χ3v) is 4.63. The largest absolute Gasteiger partial charge is 0.481 e. The van der Waals surface area contributed by atoms with Crippen LogP contribution < -0.4 is 11.1 Å². The van der Waals surface area contributed by atoms with Crippen molar-refractivity contribution >= 4 is 34.4 Å². The Hall–Kier alpha value is -2.05. The maximum Gasteiger partial charge on any atom is 0.306 e. The second kappa shape index (κ2) is 6.22. The average molecular weight is 336 g/mol. The summed E-state index contributed by atoms with van der Waals surface area (Å²) >= 11 is 5.94. The van der Waals surface area contributed by atoms with Crippen LogP contribution in [0.3, 0.4) is 0 Å². The molecule has 0 aliphatic heterocycles. The van der Waals surface area contributed by atoms with Crippen molar-refractivity contribution in [1.82, 2.24) is 10.3 Å². The first-order valence-electron chi connectivity index (χ1n) is 7.51. The molecule has 0 bridgehead atoms. The molecule has 0 unspecified atom stereocenters. The number of carboxylic acids is 1. The average Bonchev–Trinajstić information content (AvgIpc) is 2.92. The van der Waals surface area contributed by atoms with Crippen molar-refractivity contribution in [3.8, 4) is 0 Å². The minimum Gasteiger partial charge on any atom is -0.481 e. The van der Waals surface area contributed by atoms with Gasteiger partial charge in [-0.05, 0) is 43.5 Å². The quantitative estimate of drug-likeness (QED) is 0.689. The number of hydrogen-bond donors (Lipinski definition) is 4. The summed E-state index contributed by atoms with van der Waals surface area (Å²) in [5.41, 5.74) is 7.29. The number of nitrogens with two attached hydrogens (primary N) is 1. The normalized spacial score (nSPS) is 24.5. The van der Waals surface area contributed by atoms with Crippen molar-refractivity contribution in [2.75, 3.05) is 0 Å². The zero-order valence-corrected chi connectivity index (χ0v) is 13.1. The van der Waals surface area contributed by atoms with Gasteiger partial charge in [0.2, 0.25) is 0 Å². The Morgan fingerprint density at radius 3 is 2.78 bits per heavy atom.